The van der Waals surface area contributed by atoms with Crippen LogP contribution in [-0.4, -0.2) is 13.4 Å². The highest BCUT2D eigenvalue weighted by atomic mass is 16.5. The molecule has 0 aliphatic rings. The molecule has 2 nitrogen and oxygen atoms in total. The lowest BCUT2D eigenvalue weighted by molar-refractivity contribution is -0.107. The first-order chi connectivity index (χ1) is 8.52. The van der Waals surface area contributed by atoms with E-state index in [9.17, 15) is 4.79 Å². The van der Waals surface area contributed by atoms with Gasteiger partial charge < -0.3 is 9.53 Å². The van der Waals surface area contributed by atoms with Crippen molar-refractivity contribution < 1.29 is 9.53 Å². The normalized spacial score (nSPS) is 11.1. The Bertz CT molecular complexity index is 406. The van der Waals surface area contributed by atoms with Gasteiger partial charge in [-0.1, -0.05) is 39.8 Å². The second-order valence-electron chi connectivity index (χ2n) is 5.27. The molecule has 0 N–H and O–H groups in total. The summed E-state index contributed by atoms with van der Waals surface area (Å²) < 4.78 is 5.61. The molecule has 0 bridgehead atoms. The number of carbonyl (C=O) groups excluding carboxylic acids is 1. The van der Waals surface area contributed by atoms with Gasteiger partial charge in [0.05, 0.1) is 7.11 Å². The minimum absolute atomic E-state index is 0.427. The highest BCUT2D eigenvalue weighted by Gasteiger charge is 2.17. The maximum atomic E-state index is 10.6. The minimum Gasteiger partial charge on any atom is -0.496 e. The molecule has 0 amide bonds. The van der Waals surface area contributed by atoms with Gasteiger partial charge in [-0.25, -0.2) is 0 Å². The predicted molar refractivity (Wildman–Crippen MR) is 75.6 cm³/mol. The summed E-state index contributed by atoms with van der Waals surface area (Å²) in [6, 6.07) is 4.34. The predicted octanol–water partition coefficient (Wildman–Crippen LogP) is 4.07. The van der Waals surface area contributed by atoms with Crippen molar-refractivity contribution >= 4 is 6.29 Å². The molecule has 0 spiro atoms. The lowest BCUT2D eigenvalue weighted by atomic mass is 9.89. The number of ether oxygens (including phenoxy) is 1. The van der Waals surface area contributed by atoms with E-state index in [1.165, 1.54) is 16.7 Å². The van der Waals surface area contributed by atoms with Gasteiger partial charge in [-0.2, -0.15) is 0 Å². The molecular formula is C16H24O2. The molecule has 0 fully saturated rings. The molecule has 0 aliphatic heterocycles. The fraction of sp³-hybridized carbons (Fsp3) is 0.562. The molecule has 0 heterocycles. The number of methoxy groups -OCH3 is 1. The van der Waals surface area contributed by atoms with Crippen molar-refractivity contribution in [3.63, 3.8) is 0 Å². The zero-order valence-electron chi connectivity index (χ0n) is 12.1. The fourth-order valence-electron chi connectivity index (χ4n) is 2.36. The minimum atomic E-state index is 0.427. The number of aldehydes is 1. The van der Waals surface area contributed by atoms with Crippen LogP contribution in [0, 0.1) is 0 Å². The molecule has 0 aliphatic carbocycles. The number of hydrogen-bond donors (Lipinski definition) is 0. The zero-order chi connectivity index (χ0) is 13.7. The maximum absolute atomic E-state index is 10.6. The third kappa shape index (κ3) is 3.12. The summed E-state index contributed by atoms with van der Waals surface area (Å²) in [6.45, 7) is 8.68. The number of carbonyl (C=O) groups is 1. The van der Waals surface area contributed by atoms with Crippen LogP contribution in [0.1, 0.15) is 62.6 Å². The molecule has 18 heavy (non-hydrogen) atoms. The van der Waals surface area contributed by atoms with Crippen molar-refractivity contribution in [1.82, 2.24) is 0 Å². The van der Waals surface area contributed by atoms with E-state index in [0.717, 1.165) is 18.5 Å². The second-order valence-corrected chi connectivity index (χ2v) is 5.27. The summed E-state index contributed by atoms with van der Waals surface area (Å²) in [5, 5.41) is 0. The van der Waals surface area contributed by atoms with Crippen LogP contribution in [0.25, 0.3) is 0 Å². The lowest BCUT2D eigenvalue weighted by Crippen LogP contribution is -2.05. The molecular weight excluding hydrogens is 224 g/mol. The van der Waals surface area contributed by atoms with Crippen molar-refractivity contribution in [3.8, 4) is 5.75 Å². The first kappa shape index (κ1) is 14.7. The van der Waals surface area contributed by atoms with Crippen molar-refractivity contribution in [3.05, 3.63) is 28.8 Å². The topological polar surface area (TPSA) is 26.3 Å². The quantitative estimate of drug-likeness (QED) is 0.709. The van der Waals surface area contributed by atoms with Gasteiger partial charge in [0.25, 0.3) is 0 Å². The molecule has 0 radical (unpaired) electrons. The Kier molecular flexibility index (Phi) is 5.39. The molecule has 0 atom stereocenters. The molecule has 100 valence electrons. The summed E-state index contributed by atoms with van der Waals surface area (Å²) in [7, 11) is 1.72. The van der Waals surface area contributed by atoms with E-state index >= 15 is 0 Å². The average Bonchev–Trinajstić information content (AvgIpc) is 2.34. The summed E-state index contributed by atoms with van der Waals surface area (Å²) in [6.07, 6.45) is 2.30. The largest absolute Gasteiger partial charge is 0.496 e. The van der Waals surface area contributed by atoms with Gasteiger partial charge in [0.15, 0.2) is 0 Å². The lowest BCUT2D eigenvalue weighted by Gasteiger charge is -2.21. The number of hydrogen-bond acceptors (Lipinski definition) is 2. The Labute approximate surface area is 110 Å². The summed E-state index contributed by atoms with van der Waals surface area (Å²) in [5.41, 5.74) is 3.71. The third-order valence-corrected chi connectivity index (χ3v) is 3.29. The summed E-state index contributed by atoms with van der Waals surface area (Å²) in [5.74, 6) is 1.84. The zero-order valence-corrected chi connectivity index (χ0v) is 12.1. The highest BCUT2D eigenvalue weighted by Crippen LogP contribution is 2.35. The van der Waals surface area contributed by atoms with Crippen LogP contribution in [0.5, 0.6) is 5.75 Å². The van der Waals surface area contributed by atoms with Gasteiger partial charge in [0.1, 0.15) is 12.0 Å². The molecule has 0 saturated heterocycles. The van der Waals surface area contributed by atoms with Crippen molar-refractivity contribution in [2.45, 2.75) is 52.4 Å². The molecule has 1 aromatic carbocycles. The first-order valence-electron chi connectivity index (χ1n) is 6.66. The third-order valence-electron chi connectivity index (χ3n) is 3.29. The van der Waals surface area contributed by atoms with Crippen LogP contribution in [0.2, 0.25) is 0 Å². The highest BCUT2D eigenvalue weighted by molar-refractivity contribution is 5.54. The summed E-state index contributed by atoms with van der Waals surface area (Å²) >= 11 is 0. The van der Waals surface area contributed by atoms with E-state index in [2.05, 4.69) is 39.8 Å². The van der Waals surface area contributed by atoms with E-state index in [1.54, 1.807) is 7.11 Å². The van der Waals surface area contributed by atoms with E-state index in [0.29, 0.717) is 18.3 Å². The fourth-order valence-corrected chi connectivity index (χ4v) is 2.36. The summed E-state index contributed by atoms with van der Waals surface area (Å²) in [4.78, 5) is 10.6. The van der Waals surface area contributed by atoms with Crippen LogP contribution < -0.4 is 4.74 Å². The van der Waals surface area contributed by atoms with Gasteiger partial charge >= 0.3 is 0 Å². The standard InChI is InChI=1S/C16H24O2/c1-11(2)13-8-9-14(12(3)4)16(18-5)15(13)7-6-10-17/h8-12H,6-7H2,1-5H3. The van der Waals surface area contributed by atoms with Crippen LogP contribution in [0.4, 0.5) is 0 Å². The van der Waals surface area contributed by atoms with E-state index in [4.69, 9.17) is 4.74 Å². The van der Waals surface area contributed by atoms with Crippen LogP contribution >= 0.6 is 0 Å². The first-order valence-corrected chi connectivity index (χ1v) is 6.66. The molecule has 1 aromatic rings. The molecule has 1 rings (SSSR count). The van der Waals surface area contributed by atoms with Crippen molar-refractivity contribution in [1.29, 1.82) is 0 Å². The molecule has 0 aromatic heterocycles. The Balaban J connectivity index is 3.35. The van der Waals surface area contributed by atoms with Crippen LogP contribution in [0.15, 0.2) is 12.1 Å². The Morgan fingerprint density at radius 1 is 1.11 bits per heavy atom. The van der Waals surface area contributed by atoms with Crippen LogP contribution in [0.3, 0.4) is 0 Å². The molecule has 2 heteroatoms. The molecule has 0 saturated carbocycles. The van der Waals surface area contributed by atoms with Gasteiger partial charge in [-0.3, -0.25) is 0 Å². The Morgan fingerprint density at radius 3 is 2.11 bits per heavy atom. The molecule has 0 unspecified atom stereocenters. The Morgan fingerprint density at radius 2 is 1.67 bits per heavy atom. The number of rotatable bonds is 6. The van der Waals surface area contributed by atoms with Gasteiger partial charge in [0, 0.05) is 6.42 Å². The average molecular weight is 248 g/mol. The van der Waals surface area contributed by atoms with E-state index < -0.39 is 0 Å². The monoisotopic (exact) mass is 248 g/mol. The van der Waals surface area contributed by atoms with Gasteiger partial charge in [0.2, 0.25) is 0 Å². The van der Waals surface area contributed by atoms with Crippen LogP contribution in [-0.2, 0) is 11.2 Å². The SMILES string of the molecule is COc1c(C(C)C)ccc(C(C)C)c1CCC=O. The van der Waals surface area contributed by atoms with Crippen molar-refractivity contribution in [2.75, 3.05) is 7.11 Å². The van der Waals surface area contributed by atoms with Crippen molar-refractivity contribution in [2.24, 2.45) is 0 Å². The van der Waals surface area contributed by atoms with Gasteiger partial charge in [-0.15, -0.1) is 0 Å². The second kappa shape index (κ2) is 6.58. The van der Waals surface area contributed by atoms with E-state index in [-0.39, 0.29) is 0 Å². The Hall–Kier alpha value is -1.31. The maximum Gasteiger partial charge on any atom is 0.125 e. The smallest absolute Gasteiger partial charge is 0.125 e. The van der Waals surface area contributed by atoms with E-state index in [1.807, 2.05) is 0 Å². The van der Waals surface area contributed by atoms with Gasteiger partial charge in [-0.05, 0) is 34.9 Å². The number of benzene rings is 1.